The maximum Gasteiger partial charge on any atom is 0.407 e. The highest BCUT2D eigenvalue weighted by Crippen LogP contribution is 2.01. The molecular formula is C5H10N2O2Si. The molecule has 0 amide bonds. The molecule has 0 aliphatic heterocycles. The second-order valence-corrected chi connectivity index (χ2v) is 7.98. The van der Waals surface area contributed by atoms with Crippen molar-refractivity contribution in [1.29, 1.82) is 0 Å². The van der Waals surface area contributed by atoms with E-state index in [9.17, 15) is 4.79 Å². The molecule has 4 nitrogen and oxygen atoms in total. The third-order valence-electron chi connectivity index (χ3n) is 1.01. The summed E-state index contributed by atoms with van der Waals surface area (Å²) in [5, 5.41) is 8.36. The summed E-state index contributed by atoms with van der Waals surface area (Å²) in [4.78, 5) is 13.1. The number of hydrogen-bond acceptors (Lipinski definition) is 1. The van der Waals surface area contributed by atoms with E-state index in [-0.39, 0.29) is 5.33 Å². The molecule has 0 aromatic heterocycles. The maximum atomic E-state index is 10.3. The zero-order chi connectivity index (χ0) is 8.36. The summed E-state index contributed by atoms with van der Waals surface area (Å²) in [5.74, 6) is -1.12. The second-order valence-electron chi connectivity index (χ2n) is 3.00. The minimum absolute atomic E-state index is 0.0903. The lowest BCUT2D eigenvalue weighted by Gasteiger charge is -2.04. The molecule has 0 fully saturated rings. The summed E-state index contributed by atoms with van der Waals surface area (Å²) in [6, 6.07) is 0. The van der Waals surface area contributed by atoms with Crippen LogP contribution in [-0.2, 0) is 4.79 Å². The molecule has 0 bridgehead atoms. The van der Waals surface area contributed by atoms with E-state index in [1.807, 2.05) is 0 Å². The summed E-state index contributed by atoms with van der Waals surface area (Å²) in [5.41, 5.74) is 8.27. The van der Waals surface area contributed by atoms with Gasteiger partial charge < -0.3 is 10.6 Å². The Labute approximate surface area is 60.1 Å². The van der Waals surface area contributed by atoms with Gasteiger partial charge in [0.05, 0.1) is 0 Å². The molecule has 0 aliphatic carbocycles. The van der Waals surface area contributed by atoms with Gasteiger partial charge in [-0.1, -0.05) is 19.6 Å². The zero-order valence-corrected chi connectivity index (χ0v) is 7.25. The average Bonchev–Trinajstić information content (AvgIpc) is 1.60. The van der Waals surface area contributed by atoms with Crippen molar-refractivity contribution < 1.29 is 14.7 Å². The first kappa shape index (κ1) is 9.07. The molecule has 0 aromatic carbocycles. The largest absolute Gasteiger partial charge is 0.473 e. The van der Waals surface area contributed by atoms with Crippen LogP contribution in [0.3, 0.4) is 0 Å². The van der Waals surface area contributed by atoms with Crippen LogP contribution in [0.15, 0.2) is 0 Å². The summed E-state index contributed by atoms with van der Waals surface area (Å²) in [6.07, 6.45) is 0. The van der Waals surface area contributed by atoms with Crippen LogP contribution in [0.25, 0.3) is 5.53 Å². The van der Waals surface area contributed by atoms with Gasteiger partial charge in [0.25, 0.3) is 0 Å². The minimum Gasteiger partial charge on any atom is -0.473 e. The summed E-state index contributed by atoms with van der Waals surface area (Å²) in [7, 11) is -1.95. The van der Waals surface area contributed by atoms with E-state index >= 15 is 0 Å². The molecule has 0 spiro atoms. The van der Waals surface area contributed by atoms with Crippen LogP contribution in [-0.4, -0.2) is 29.3 Å². The van der Waals surface area contributed by atoms with Crippen molar-refractivity contribution in [2.45, 2.75) is 19.6 Å². The number of aliphatic carboxylic acids is 1. The fraction of sp³-hybridized carbons (Fsp3) is 0.600. The lowest BCUT2D eigenvalue weighted by molar-refractivity contribution is -0.133. The standard InChI is InChI=1S/C5H10N2O2Si/c1-10(2,3)4(7-6)5(8)9/h1-3H3,(H,8,9). The van der Waals surface area contributed by atoms with Crippen LogP contribution in [0.4, 0.5) is 0 Å². The number of carbonyl (C=O) groups is 1. The van der Waals surface area contributed by atoms with Crippen LogP contribution < -0.4 is 0 Å². The number of carboxylic acid groups (broad SMARTS) is 1. The lowest BCUT2D eigenvalue weighted by atomic mass is 10.8. The Balaban J connectivity index is 4.74. The number of hydrogen-bond donors (Lipinski definition) is 1. The van der Waals surface area contributed by atoms with Crippen molar-refractivity contribution in [3.8, 4) is 0 Å². The molecule has 0 saturated carbocycles. The topological polar surface area (TPSA) is 73.7 Å². The number of nitrogens with zero attached hydrogens (tertiary/aromatic N) is 2. The predicted octanol–water partition coefficient (Wildman–Crippen LogP) is 0.619. The molecule has 0 radical (unpaired) electrons. The van der Waals surface area contributed by atoms with Crippen LogP contribution >= 0.6 is 0 Å². The van der Waals surface area contributed by atoms with Gasteiger partial charge in [-0.15, -0.1) is 0 Å². The quantitative estimate of drug-likeness (QED) is 0.277. The maximum absolute atomic E-state index is 10.3. The SMILES string of the molecule is C[Si](C)(C)C(=[N+]=[N-])C(=O)O. The molecular weight excluding hydrogens is 148 g/mol. The Bertz CT molecular complexity index is 200. The molecule has 56 valence electrons. The van der Waals surface area contributed by atoms with E-state index in [1.54, 1.807) is 19.6 Å². The summed E-state index contributed by atoms with van der Waals surface area (Å²) in [6.45, 7) is 5.41. The molecule has 10 heavy (non-hydrogen) atoms. The molecule has 0 rings (SSSR count). The Morgan fingerprint density at radius 2 is 1.90 bits per heavy atom. The van der Waals surface area contributed by atoms with Crippen molar-refractivity contribution in [1.82, 2.24) is 0 Å². The Kier molecular flexibility index (Phi) is 2.51. The van der Waals surface area contributed by atoms with E-state index in [0.717, 1.165) is 0 Å². The first-order chi connectivity index (χ1) is 4.39. The van der Waals surface area contributed by atoms with Crippen LogP contribution in [0.1, 0.15) is 0 Å². The number of rotatable bonds is 2. The van der Waals surface area contributed by atoms with Gasteiger partial charge in [0.2, 0.25) is 0 Å². The van der Waals surface area contributed by atoms with Crippen LogP contribution in [0.5, 0.6) is 0 Å². The predicted molar refractivity (Wildman–Crippen MR) is 39.6 cm³/mol. The lowest BCUT2D eigenvalue weighted by Crippen LogP contribution is -2.40. The first-order valence-corrected chi connectivity index (χ1v) is 6.35. The Morgan fingerprint density at radius 3 is 1.90 bits per heavy atom. The Hall–Kier alpha value is -0.933. The monoisotopic (exact) mass is 158 g/mol. The molecule has 5 heteroatoms. The fourth-order valence-corrected chi connectivity index (χ4v) is 1.46. The highest BCUT2D eigenvalue weighted by molar-refractivity contribution is 7.11. The molecule has 0 aromatic rings. The molecule has 0 saturated heterocycles. The minimum atomic E-state index is -1.95. The molecule has 0 unspecified atom stereocenters. The van der Waals surface area contributed by atoms with Gasteiger partial charge >= 0.3 is 11.3 Å². The van der Waals surface area contributed by atoms with E-state index in [2.05, 4.69) is 4.79 Å². The van der Waals surface area contributed by atoms with Crippen molar-refractivity contribution in [3.63, 3.8) is 0 Å². The summed E-state index contributed by atoms with van der Waals surface area (Å²) >= 11 is 0. The van der Waals surface area contributed by atoms with Gasteiger partial charge in [-0.05, 0) is 0 Å². The molecule has 1 N–H and O–H groups in total. The van der Waals surface area contributed by atoms with E-state index in [4.69, 9.17) is 10.6 Å². The third-order valence-corrected chi connectivity index (χ3v) is 2.75. The van der Waals surface area contributed by atoms with Crippen molar-refractivity contribution in [2.75, 3.05) is 0 Å². The van der Waals surface area contributed by atoms with Crippen LogP contribution in [0.2, 0.25) is 19.6 Å². The molecule has 0 atom stereocenters. The van der Waals surface area contributed by atoms with Gasteiger partial charge in [0.15, 0.2) is 8.07 Å². The summed E-state index contributed by atoms with van der Waals surface area (Å²) < 4.78 is 0. The van der Waals surface area contributed by atoms with Gasteiger partial charge in [0.1, 0.15) is 0 Å². The van der Waals surface area contributed by atoms with Crippen molar-refractivity contribution in [3.05, 3.63) is 5.53 Å². The van der Waals surface area contributed by atoms with Gasteiger partial charge in [0, 0.05) is 0 Å². The highest BCUT2D eigenvalue weighted by atomic mass is 28.3. The smallest absolute Gasteiger partial charge is 0.407 e. The van der Waals surface area contributed by atoms with Crippen LogP contribution in [0, 0.1) is 0 Å². The van der Waals surface area contributed by atoms with Crippen molar-refractivity contribution >= 4 is 19.4 Å². The molecule has 0 aliphatic rings. The highest BCUT2D eigenvalue weighted by Gasteiger charge is 2.36. The van der Waals surface area contributed by atoms with E-state index < -0.39 is 14.0 Å². The first-order valence-electron chi connectivity index (χ1n) is 2.85. The average molecular weight is 158 g/mol. The third kappa shape index (κ3) is 2.12. The van der Waals surface area contributed by atoms with Gasteiger partial charge in [-0.25, -0.2) is 4.79 Å². The Morgan fingerprint density at radius 1 is 1.50 bits per heavy atom. The van der Waals surface area contributed by atoms with E-state index in [1.165, 1.54) is 0 Å². The van der Waals surface area contributed by atoms with Gasteiger partial charge in [-0.2, -0.15) is 4.79 Å². The van der Waals surface area contributed by atoms with Crippen molar-refractivity contribution in [2.24, 2.45) is 0 Å². The fourth-order valence-electron chi connectivity index (χ4n) is 0.514. The zero-order valence-electron chi connectivity index (χ0n) is 6.25. The second kappa shape index (κ2) is 2.77. The normalized spacial score (nSPS) is 10.3. The molecule has 0 heterocycles. The number of carboxylic acids is 1. The van der Waals surface area contributed by atoms with E-state index in [0.29, 0.717) is 0 Å². The van der Waals surface area contributed by atoms with Gasteiger partial charge in [-0.3, -0.25) is 0 Å².